The molecule has 0 aliphatic carbocycles. The molecule has 178 valence electrons. The molecule has 4 aromatic rings. The highest BCUT2D eigenvalue weighted by molar-refractivity contribution is 6.04. The van der Waals surface area contributed by atoms with E-state index in [4.69, 9.17) is 4.74 Å². The fourth-order valence-electron chi connectivity index (χ4n) is 4.86. The maximum absolute atomic E-state index is 15.0. The van der Waals surface area contributed by atoms with E-state index in [0.717, 1.165) is 48.0 Å². The van der Waals surface area contributed by atoms with Gasteiger partial charge in [0, 0.05) is 36.7 Å². The highest BCUT2D eigenvalue weighted by Crippen LogP contribution is 2.31. The van der Waals surface area contributed by atoms with E-state index in [1.165, 1.54) is 12.8 Å². The van der Waals surface area contributed by atoms with Crippen molar-refractivity contribution in [3.8, 4) is 17.0 Å². The summed E-state index contributed by atoms with van der Waals surface area (Å²) in [6, 6.07) is 8.97. The molecule has 1 saturated heterocycles. The quantitative estimate of drug-likeness (QED) is 0.298. The predicted molar refractivity (Wildman–Crippen MR) is 132 cm³/mol. The van der Waals surface area contributed by atoms with Crippen molar-refractivity contribution in [3.63, 3.8) is 0 Å². The van der Waals surface area contributed by atoms with Gasteiger partial charge in [-0.15, -0.1) is 0 Å². The molecule has 1 aromatic carbocycles. The number of nitrogens with zero attached hydrogens (tertiary/aromatic N) is 5. The minimum atomic E-state index is -0.578. The van der Waals surface area contributed by atoms with Crippen LogP contribution in [-0.2, 0) is 7.05 Å². The molecule has 34 heavy (non-hydrogen) atoms. The van der Waals surface area contributed by atoms with Crippen LogP contribution in [0.15, 0.2) is 41.3 Å². The second kappa shape index (κ2) is 9.18. The zero-order chi connectivity index (χ0) is 23.8. The number of hydrogen-bond donors (Lipinski definition) is 0. The van der Waals surface area contributed by atoms with Crippen LogP contribution in [0.4, 0.5) is 4.39 Å². The summed E-state index contributed by atoms with van der Waals surface area (Å²) < 4.78 is 24.1. The van der Waals surface area contributed by atoms with Gasteiger partial charge in [-0.05, 0) is 70.0 Å². The maximum atomic E-state index is 15.0. The van der Waals surface area contributed by atoms with E-state index >= 15 is 4.39 Å². The Bertz CT molecular complexity index is 1400. The first-order valence-electron chi connectivity index (χ1n) is 12.0. The fraction of sp³-hybridized carbons (Fsp3) is 0.423. The molecule has 0 amide bonds. The van der Waals surface area contributed by atoms with Gasteiger partial charge < -0.3 is 9.64 Å². The monoisotopic (exact) mass is 463 g/mol. The summed E-state index contributed by atoms with van der Waals surface area (Å²) in [5.41, 5.74) is 3.28. The van der Waals surface area contributed by atoms with Crippen LogP contribution in [0.1, 0.15) is 39.2 Å². The first kappa shape index (κ1) is 22.5. The Balaban J connectivity index is 1.44. The lowest BCUT2D eigenvalue weighted by atomic mass is 10.0. The van der Waals surface area contributed by atoms with E-state index in [0.29, 0.717) is 23.6 Å². The summed E-state index contributed by atoms with van der Waals surface area (Å²) in [4.78, 5) is 23.8. The molecule has 0 spiro atoms. The number of halogens is 1. The summed E-state index contributed by atoms with van der Waals surface area (Å²) in [5, 5.41) is 0.808. The molecule has 0 radical (unpaired) electrons. The third-order valence-corrected chi connectivity index (χ3v) is 6.63. The highest BCUT2D eigenvalue weighted by atomic mass is 19.1. The smallest absolute Gasteiger partial charge is 0.329 e. The first-order valence-corrected chi connectivity index (χ1v) is 12.0. The van der Waals surface area contributed by atoms with Crippen molar-refractivity contribution < 1.29 is 9.13 Å². The summed E-state index contributed by atoms with van der Waals surface area (Å²) in [6.07, 6.45) is 5.15. The lowest BCUT2D eigenvalue weighted by molar-refractivity contribution is 0.255. The number of fused-ring (bicyclic) bond motifs is 3. The van der Waals surface area contributed by atoms with Gasteiger partial charge in [-0.3, -0.25) is 14.1 Å². The summed E-state index contributed by atoms with van der Waals surface area (Å²) in [7, 11) is 1.74. The Morgan fingerprint density at radius 2 is 1.94 bits per heavy atom. The van der Waals surface area contributed by atoms with Crippen molar-refractivity contribution in [2.24, 2.45) is 7.05 Å². The number of pyridine rings is 2. The molecule has 1 fully saturated rings. The van der Waals surface area contributed by atoms with Crippen molar-refractivity contribution in [2.45, 2.75) is 39.2 Å². The molecule has 5 rings (SSSR count). The minimum absolute atomic E-state index is 0.0224. The van der Waals surface area contributed by atoms with E-state index in [2.05, 4.69) is 14.9 Å². The van der Waals surface area contributed by atoms with Gasteiger partial charge in [0.1, 0.15) is 0 Å². The lowest BCUT2D eigenvalue weighted by Crippen LogP contribution is -2.23. The fourth-order valence-corrected chi connectivity index (χ4v) is 4.86. The number of likely N-dealkylation sites (tertiary alicyclic amines) is 1. The number of imidazole rings is 1. The average molecular weight is 464 g/mol. The standard InChI is InChI=1S/C26H30FN5O2/c1-17(2)32-24-20-15-18(7-9-21(20)28-16-22(24)30(3)26(32)33)19-8-10-23(29-25(19)27)34-14-6-13-31-11-4-5-12-31/h7-10,15-17H,4-6,11-14H2,1-3H3. The normalized spacial score (nSPS) is 14.6. The minimum Gasteiger partial charge on any atom is -0.478 e. The van der Waals surface area contributed by atoms with Crippen molar-refractivity contribution in [2.75, 3.05) is 26.2 Å². The molecular formula is C26H30FN5O2. The van der Waals surface area contributed by atoms with Gasteiger partial charge in [0.25, 0.3) is 0 Å². The lowest BCUT2D eigenvalue weighted by Gasteiger charge is -2.14. The topological polar surface area (TPSA) is 65.2 Å². The predicted octanol–water partition coefficient (Wildman–Crippen LogP) is 4.53. The Hall–Kier alpha value is -3.26. The van der Waals surface area contributed by atoms with Gasteiger partial charge in [-0.1, -0.05) is 6.07 Å². The maximum Gasteiger partial charge on any atom is 0.329 e. The van der Waals surface area contributed by atoms with Gasteiger partial charge in [0.05, 0.1) is 29.4 Å². The third kappa shape index (κ3) is 4.07. The Morgan fingerprint density at radius 3 is 2.68 bits per heavy atom. The number of aromatic nitrogens is 4. The zero-order valence-corrected chi connectivity index (χ0v) is 19.9. The van der Waals surface area contributed by atoms with Gasteiger partial charge in [0.15, 0.2) is 0 Å². The molecule has 0 atom stereocenters. The van der Waals surface area contributed by atoms with Crippen LogP contribution in [0.5, 0.6) is 5.88 Å². The number of benzene rings is 1. The highest BCUT2D eigenvalue weighted by Gasteiger charge is 2.18. The number of ether oxygens (including phenoxy) is 1. The van der Waals surface area contributed by atoms with Crippen LogP contribution < -0.4 is 10.4 Å². The average Bonchev–Trinajstić information content (AvgIpc) is 3.43. The number of aryl methyl sites for hydroxylation is 1. The van der Waals surface area contributed by atoms with Crippen LogP contribution in [0.3, 0.4) is 0 Å². The number of rotatable bonds is 7. The van der Waals surface area contributed by atoms with Crippen LogP contribution >= 0.6 is 0 Å². The second-order valence-corrected chi connectivity index (χ2v) is 9.27. The molecule has 7 nitrogen and oxygen atoms in total. The summed E-state index contributed by atoms with van der Waals surface area (Å²) in [6.45, 7) is 7.79. The van der Waals surface area contributed by atoms with Crippen LogP contribution in [0, 0.1) is 5.95 Å². The third-order valence-electron chi connectivity index (χ3n) is 6.63. The van der Waals surface area contributed by atoms with Crippen LogP contribution in [0.2, 0.25) is 0 Å². The van der Waals surface area contributed by atoms with Gasteiger partial charge in [-0.25, -0.2) is 4.79 Å². The van der Waals surface area contributed by atoms with E-state index < -0.39 is 5.95 Å². The molecule has 0 N–H and O–H groups in total. The molecule has 4 heterocycles. The summed E-state index contributed by atoms with van der Waals surface area (Å²) >= 11 is 0. The Labute approximate surface area is 197 Å². The molecule has 0 unspecified atom stereocenters. The Morgan fingerprint density at radius 1 is 1.15 bits per heavy atom. The van der Waals surface area contributed by atoms with Crippen molar-refractivity contribution in [3.05, 3.63) is 53.0 Å². The summed E-state index contributed by atoms with van der Waals surface area (Å²) in [5.74, 6) is -0.282. The van der Waals surface area contributed by atoms with Crippen molar-refractivity contribution in [1.82, 2.24) is 24.0 Å². The zero-order valence-electron chi connectivity index (χ0n) is 19.9. The molecule has 0 bridgehead atoms. The first-order chi connectivity index (χ1) is 16.4. The second-order valence-electron chi connectivity index (χ2n) is 9.27. The van der Waals surface area contributed by atoms with E-state index in [1.54, 1.807) is 34.5 Å². The molecule has 1 aliphatic heterocycles. The van der Waals surface area contributed by atoms with Crippen LogP contribution in [-0.4, -0.2) is 50.2 Å². The molecule has 1 aliphatic rings. The van der Waals surface area contributed by atoms with Crippen molar-refractivity contribution in [1.29, 1.82) is 0 Å². The van der Waals surface area contributed by atoms with Crippen LogP contribution in [0.25, 0.3) is 33.1 Å². The molecule has 3 aromatic heterocycles. The van der Waals surface area contributed by atoms with E-state index in [-0.39, 0.29) is 11.7 Å². The van der Waals surface area contributed by atoms with Gasteiger partial charge >= 0.3 is 5.69 Å². The van der Waals surface area contributed by atoms with Gasteiger partial charge in [0.2, 0.25) is 11.8 Å². The SMILES string of the molecule is CC(C)n1c(=O)n(C)c2cnc3ccc(-c4ccc(OCCCN5CCCC5)nc4F)cc3c21. The molecule has 0 saturated carbocycles. The largest absolute Gasteiger partial charge is 0.478 e. The van der Waals surface area contributed by atoms with Gasteiger partial charge in [-0.2, -0.15) is 9.37 Å². The Kier molecular flexibility index (Phi) is 6.08. The number of hydrogen-bond acceptors (Lipinski definition) is 5. The van der Waals surface area contributed by atoms with E-state index in [9.17, 15) is 4.79 Å². The molecule has 8 heteroatoms. The van der Waals surface area contributed by atoms with Crippen molar-refractivity contribution >= 4 is 21.9 Å². The van der Waals surface area contributed by atoms with E-state index in [1.807, 2.05) is 32.0 Å². The molecular weight excluding hydrogens is 433 g/mol.